The maximum atomic E-state index is 5.93. The van der Waals surface area contributed by atoms with Gasteiger partial charge in [-0.05, 0) is 57.2 Å². The minimum Gasteiger partial charge on any atom is -0.366 e. The Morgan fingerprint density at radius 2 is 2.03 bits per heavy atom. The molecule has 6 rings (SSSR count). The molecule has 1 aliphatic heterocycles. The van der Waals surface area contributed by atoms with Gasteiger partial charge in [-0.2, -0.15) is 0 Å². The van der Waals surface area contributed by atoms with Crippen LogP contribution in [0.5, 0.6) is 0 Å². The molecule has 1 saturated heterocycles. The smallest absolute Gasteiger partial charge is 0.193 e. The molecule has 1 N–H and O–H groups in total. The zero-order chi connectivity index (χ0) is 25.2. The van der Waals surface area contributed by atoms with E-state index in [1.165, 1.54) is 5.56 Å². The quantitative estimate of drug-likeness (QED) is 0.234. The molecule has 0 aliphatic carbocycles. The number of hydrogen-bond acceptors (Lipinski definition) is 7. The molecule has 5 aromatic rings. The molecule has 4 aromatic heterocycles. The van der Waals surface area contributed by atoms with Crippen LogP contribution in [0.2, 0.25) is 0 Å². The normalized spacial score (nSPS) is 16.0. The molecule has 1 fully saturated rings. The van der Waals surface area contributed by atoms with Crippen LogP contribution in [0.4, 0.5) is 0 Å². The lowest BCUT2D eigenvalue weighted by atomic mass is 10.1. The molecule has 0 amide bonds. The number of fused-ring (bicyclic) bond motifs is 1. The minimum atomic E-state index is -0.0588. The Balaban J connectivity index is 1.44. The summed E-state index contributed by atoms with van der Waals surface area (Å²) in [7, 11) is 5.45. The van der Waals surface area contributed by atoms with Crippen molar-refractivity contribution < 1.29 is 4.74 Å². The van der Waals surface area contributed by atoms with E-state index in [9.17, 15) is 0 Å². The predicted molar refractivity (Wildman–Crippen MR) is 146 cm³/mol. The van der Waals surface area contributed by atoms with E-state index in [-0.39, 0.29) is 6.23 Å². The number of aromatic nitrogens is 6. The topological polar surface area (TPSA) is 82.2 Å². The summed E-state index contributed by atoms with van der Waals surface area (Å²) in [6, 6.07) is 14.4. The Labute approximate surface area is 221 Å². The standard InChI is InChI=1S/C27H28BN7OS/c1-18-24(34-16-19(8-7-14-30-28)12-13-21(34)31-18)27-32-23(20-9-3-2-4-10-20)25(37-27)26-29-17-35(33-26)22-11-5-6-15-36-22/h2-4,9-10,12-13,16-17,22,30H,5-8,11,14-15H2,1H3. The van der Waals surface area contributed by atoms with E-state index in [4.69, 9.17) is 27.8 Å². The lowest BCUT2D eigenvalue weighted by molar-refractivity contribution is -0.0395. The summed E-state index contributed by atoms with van der Waals surface area (Å²) in [6.07, 6.45) is 8.96. The first-order valence-electron chi connectivity index (χ1n) is 12.7. The molecular formula is C27H28BN7OS. The van der Waals surface area contributed by atoms with Gasteiger partial charge < -0.3 is 9.96 Å². The highest BCUT2D eigenvalue weighted by Gasteiger charge is 2.24. The van der Waals surface area contributed by atoms with Crippen LogP contribution in [0.25, 0.3) is 38.3 Å². The fourth-order valence-corrected chi connectivity index (χ4v) is 5.94. The first-order chi connectivity index (χ1) is 18.2. The van der Waals surface area contributed by atoms with Crippen LogP contribution < -0.4 is 5.23 Å². The molecule has 37 heavy (non-hydrogen) atoms. The molecule has 0 spiro atoms. The lowest BCUT2D eigenvalue weighted by Crippen LogP contribution is -2.18. The van der Waals surface area contributed by atoms with Gasteiger partial charge in [0.25, 0.3) is 0 Å². The third kappa shape index (κ3) is 4.84. The Morgan fingerprint density at radius 1 is 1.14 bits per heavy atom. The number of aryl methyl sites for hydroxylation is 2. The monoisotopic (exact) mass is 509 g/mol. The van der Waals surface area contributed by atoms with Gasteiger partial charge in [-0.3, -0.25) is 4.40 Å². The summed E-state index contributed by atoms with van der Waals surface area (Å²) in [5, 5.41) is 8.46. The van der Waals surface area contributed by atoms with Gasteiger partial charge in [0.1, 0.15) is 27.6 Å². The number of nitrogens with zero attached hydrogens (tertiary/aromatic N) is 6. The van der Waals surface area contributed by atoms with Gasteiger partial charge in [0.15, 0.2) is 20.0 Å². The summed E-state index contributed by atoms with van der Waals surface area (Å²) in [6.45, 7) is 3.57. The van der Waals surface area contributed by atoms with Crippen LogP contribution in [0, 0.1) is 6.92 Å². The van der Waals surface area contributed by atoms with Crippen molar-refractivity contribution in [3.8, 4) is 32.7 Å². The molecule has 1 aliphatic rings. The van der Waals surface area contributed by atoms with Gasteiger partial charge in [-0.1, -0.05) is 36.4 Å². The largest absolute Gasteiger partial charge is 0.366 e. The second kappa shape index (κ2) is 10.6. The maximum absolute atomic E-state index is 5.93. The Hall–Kier alpha value is -3.34. The summed E-state index contributed by atoms with van der Waals surface area (Å²) in [5.41, 5.74) is 5.98. The number of rotatable bonds is 8. The van der Waals surface area contributed by atoms with E-state index in [1.54, 1.807) is 17.7 Å². The molecule has 0 bridgehead atoms. The molecule has 10 heteroatoms. The highest BCUT2D eigenvalue weighted by molar-refractivity contribution is 7.18. The van der Waals surface area contributed by atoms with Crippen LogP contribution in [-0.2, 0) is 11.2 Å². The fraction of sp³-hybridized carbons (Fsp3) is 0.333. The Bertz CT molecular complexity index is 1500. The minimum absolute atomic E-state index is 0.0588. The first-order valence-corrected chi connectivity index (χ1v) is 13.5. The van der Waals surface area contributed by atoms with Crippen molar-refractivity contribution in [1.29, 1.82) is 0 Å². The van der Waals surface area contributed by atoms with Gasteiger partial charge in [-0.25, -0.2) is 19.6 Å². The third-order valence-electron chi connectivity index (χ3n) is 6.68. The third-order valence-corrected chi connectivity index (χ3v) is 7.74. The molecule has 0 saturated carbocycles. The van der Waals surface area contributed by atoms with E-state index in [2.05, 4.69) is 45.1 Å². The van der Waals surface area contributed by atoms with Crippen LogP contribution in [0.15, 0.2) is 55.0 Å². The number of benzene rings is 1. The Kier molecular flexibility index (Phi) is 6.86. The number of hydrogen-bond donors (Lipinski definition) is 1. The van der Waals surface area contributed by atoms with Crippen molar-refractivity contribution in [2.24, 2.45) is 0 Å². The van der Waals surface area contributed by atoms with Gasteiger partial charge in [0.05, 0.1) is 11.4 Å². The SMILES string of the molecule is [B]NCCCc1ccc2nc(C)c(-c3nc(-c4ccccc4)c(-c4ncn(C5CCCCO5)n4)s3)n2c1. The second-order valence-electron chi connectivity index (χ2n) is 9.30. The maximum Gasteiger partial charge on any atom is 0.193 e. The zero-order valence-electron chi connectivity index (χ0n) is 20.8. The van der Waals surface area contributed by atoms with Gasteiger partial charge in [0, 0.05) is 18.4 Å². The highest BCUT2D eigenvalue weighted by Crippen LogP contribution is 2.40. The lowest BCUT2D eigenvalue weighted by Gasteiger charge is -2.21. The fourth-order valence-electron chi connectivity index (χ4n) is 4.82. The van der Waals surface area contributed by atoms with Gasteiger partial charge in [0.2, 0.25) is 0 Å². The van der Waals surface area contributed by atoms with Gasteiger partial charge in [-0.15, -0.1) is 16.4 Å². The zero-order valence-corrected chi connectivity index (χ0v) is 21.6. The van der Waals surface area contributed by atoms with E-state index in [1.807, 2.05) is 29.8 Å². The molecule has 5 heterocycles. The van der Waals surface area contributed by atoms with E-state index in [0.717, 1.165) is 83.4 Å². The molecule has 1 atom stereocenters. The van der Waals surface area contributed by atoms with E-state index >= 15 is 0 Å². The van der Waals surface area contributed by atoms with Crippen LogP contribution in [-0.4, -0.2) is 50.3 Å². The van der Waals surface area contributed by atoms with Crippen LogP contribution in [0.1, 0.15) is 43.2 Å². The summed E-state index contributed by atoms with van der Waals surface area (Å²) >= 11 is 1.60. The van der Waals surface area contributed by atoms with Crippen molar-refractivity contribution in [3.63, 3.8) is 0 Å². The molecular weight excluding hydrogens is 481 g/mol. The van der Waals surface area contributed by atoms with E-state index < -0.39 is 0 Å². The van der Waals surface area contributed by atoms with Crippen LogP contribution in [0.3, 0.4) is 0 Å². The number of ether oxygens (including phenoxy) is 1. The average molecular weight is 509 g/mol. The van der Waals surface area contributed by atoms with Crippen molar-refractivity contribution >= 4 is 25.0 Å². The average Bonchev–Trinajstić information content (AvgIpc) is 3.66. The van der Waals surface area contributed by atoms with Crippen molar-refractivity contribution in [1.82, 2.24) is 34.4 Å². The molecule has 8 nitrogen and oxygen atoms in total. The highest BCUT2D eigenvalue weighted by atomic mass is 32.1. The summed E-state index contributed by atoms with van der Waals surface area (Å²) in [5.74, 6) is 0.665. The number of nitrogens with one attached hydrogen (secondary N) is 1. The van der Waals surface area contributed by atoms with Crippen LogP contribution >= 0.6 is 11.3 Å². The number of pyridine rings is 1. The van der Waals surface area contributed by atoms with E-state index in [0.29, 0.717) is 5.82 Å². The van der Waals surface area contributed by atoms with Gasteiger partial charge >= 0.3 is 0 Å². The number of imidazole rings is 1. The molecule has 186 valence electrons. The summed E-state index contributed by atoms with van der Waals surface area (Å²) < 4.78 is 9.93. The Morgan fingerprint density at radius 3 is 2.84 bits per heavy atom. The molecule has 1 aromatic carbocycles. The van der Waals surface area contributed by atoms with Crippen molar-refractivity contribution in [2.75, 3.05) is 13.2 Å². The second-order valence-corrected chi connectivity index (χ2v) is 10.3. The molecule has 1 unspecified atom stereocenters. The number of thiazole rings is 1. The summed E-state index contributed by atoms with van der Waals surface area (Å²) in [4.78, 5) is 15.6. The first kappa shape index (κ1) is 24.0. The molecule has 2 radical (unpaired) electrons. The van der Waals surface area contributed by atoms with Crippen molar-refractivity contribution in [2.45, 2.75) is 45.3 Å². The predicted octanol–water partition coefficient (Wildman–Crippen LogP) is 5.00. The van der Waals surface area contributed by atoms with Crippen molar-refractivity contribution in [3.05, 3.63) is 66.2 Å².